The predicted octanol–water partition coefficient (Wildman–Crippen LogP) is 2.89. The summed E-state index contributed by atoms with van der Waals surface area (Å²) in [5.41, 5.74) is -1.95. The summed E-state index contributed by atoms with van der Waals surface area (Å²) in [6, 6.07) is 0. The van der Waals surface area contributed by atoms with Gasteiger partial charge in [-0.1, -0.05) is 13.8 Å². The average Bonchev–Trinajstić information content (AvgIpc) is 2.80. The van der Waals surface area contributed by atoms with Gasteiger partial charge < -0.3 is 10.2 Å². The summed E-state index contributed by atoms with van der Waals surface area (Å²) in [4.78, 5) is 25.6. The summed E-state index contributed by atoms with van der Waals surface area (Å²) in [5.74, 6) is 1.10. The fourth-order valence-electron chi connectivity index (χ4n) is 7.63. The minimum absolute atomic E-state index is 0.0164. The molecule has 0 aromatic carbocycles. The van der Waals surface area contributed by atoms with E-state index in [9.17, 15) is 19.8 Å². The molecule has 0 amide bonds. The van der Waals surface area contributed by atoms with E-state index in [1.807, 2.05) is 6.92 Å². The SMILES string of the molecule is CC(=O)[C@]1(O)CC[C@H]2[C@@H]3CC[C@H]4C[C@@H](O)CC[C@]4(C)[C@H]3C(=O)C[C@@]21C. The first-order valence-electron chi connectivity index (χ1n) is 10.1. The Balaban J connectivity index is 1.71. The number of carbonyl (C=O) groups excluding carboxylic acids is 2. The summed E-state index contributed by atoms with van der Waals surface area (Å²) in [7, 11) is 0. The van der Waals surface area contributed by atoms with Gasteiger partial charge in [0.1, 0.15) is 11.4 Å². The standard InChI is InChI=1S/C21H32O4/c1-12(22)21(25)9-7-16-15-5-4-13-10-14(23)6-8-19(13,2)18(15)17(24)11-20(16,21)3/h13-16,18,23,25H,4-11H2,1-3H3/t13-,14-,15-,16-,18+,19-,20-,21+/m0/s1. The molecule has 140 valence electrons. The fourth-order valence-corrected chi connectivity index (χ4v) is 7.63. The summed E-state index contributed by atoms with van der Waals surface area (Å²) in [5, 5.41) is 21.2. The van der Waals surface area contributed by atoms with Crippen LogP contribution in [0.25, 0.3) is 0 Å². The van der Waals surface area contributed by atoms with Crippen molar-refractivity contribution in [3.8, 4) is 0 Å². The van der Waals surface area contributed by atoms with Crippen LogP contribution in [0, 0.1) is 34.5 Å². The Kier molecular flexibility index (Phi) is 3.81. The van der Waals surface area contributed by atoms with Crippen LogP contribution in [-0.4, -0.2) is 33.5 Å². The highest BCUT2D eigenvalue weighted by Crippen LogP contribution is 2.67. The smallest absolute Gasteiger partial charge is 0.161 e. The molecule has 4 heteroatoms. The topological polar surface area (TPSA) is 74.6 Å². The molecule has 0 heterocycles. The number of aliphatic hydroxyl groups excluding tert-OH is 1. The zero-order valence-corrected chi connectivity index (χ0v) is 15.8. The van der Waals surface area contributed by atoms with Crippen LogP contribution in [0.5, 0.6) is 0 Å². The van der Waals surface area contributed by atoms with Crippen LogP contribution in [0.15, 0.2) is 0 Å². The maximum absolute atomic E-state index is 13.3. The minimum Gasteiger partial charge on any atom is -0.393 e. The second kappa shape index (κ2) is 5.39. The lowest BCUT2D eigenvalue weighted by Gasteiger charge is -2.60. The summed E-state index contributed by atoms with van der Waals surface area (Å²) >= 11 is 0. The molecule has 4 aliphatic rings. The van der Waals surface area contributed by atoms with Gasteiger partial charge in [-0.15, -0.1) is 0 Å². The Labute approximate surface area is 150 Å². The second-order valence-corrected chi connectivity index (χ2v) is 9.97. The van der Waals surface area contributed by atoms with Gasteiger partial charge in [0.25, 0.3) is 0 Å². The first kappa shape index (κ1) is 17.7. The van der Waals surface area contributed by atoms with Crippen molar-refractivity contribution in [3.05, 3.63) is 0 Å². The van der Waals surface area contributed by atoms with Gasteiger partial charge in [-0.25, -0.2) is 0 Å². The third-order valence-electron chi connectivity index (χ3n) is 9.06. The van der Waals surface area contributed by atoms with Crippen molar-refractivity contribution in [2.75, 3.05) is 0 Å². The van der Waals surface area contributed by atoms with Gasteiger partial charge >= 0.3 is 0 Å². The van der Waals surface area contributed by atoms with E-state index < -0.39 is 11.0 Å². The third-order valence-corrected chi connectivity index (χ3v) is 9.06. The number of Topliss-reactive ketones (excluding diaryl/α,β-unsaturated/α-hetero) is 2. The largest absolute Gasteiger partial charge is 0.393 e. The highest BCUT2D eigenvalue weighted by molar-refractivity contribution is 5.90. The van der Waals surface area contributed by atoms with E-state index in [4.69, 9.17) is 0 Å². The molecule has 25 heavy (non-hydrogen) atoms. The van der Waals surface area contributed by atoms with E-state index in [0.717, 1.165) is 38.5 Å². The van der Waals surface area contributed by atoms with Gasteiger partial charge in [-0.2, -0.15) is 0 Å². The van der Waals surface area contributed by atoms with E-state index in [2.05, 4.69) is 6.92 Å². The number of ketones is 2. The van der Waals surface area contributed by atoms with Crippen molar-refractivity contribution in [1.29, 1.82) is 0 Å². The lowest BCUT2D eigenvalue weighted by molar-refractivity contribution is -0.178. The lowest BCUT2D eigenvalue weighted by atomic mass is 9.44. The zero-order chi connectivity index (χ0) is 18.2. The van der Waals surface area contributed by atoms with E-state index >= 15 is 0 Å². The molecule has 4 fully saturated rings. The molecular weight excluding hydrogens is 316 g/mol. The number of carbonyl (C=O) groups is 2. The van der Waals surface area contributed by atoms with Crippen LogP contribution in [0.2, 0.25) is 0 Å². The molecule has 0 saturated heterocycles. The van der Waals surface area contributed by atoms with Gasteiger partial charge in [-0.3, -0.25) is 9.59 Å². The fraction of sp³-hybridized carbons (Fsp3) is 0.905. The quantitative estimate of drug-likeness (QED) is 0.764. The van der Waals surface area contributed by atoms with Gasteiger partial charge in [0.05, 0.1) is 6.10 Å². The summed E-state index contributed by atoms with van der Waals surface area (Å²) in [6.45, 7) is 5.73. The number of aliphatic hydroxyl groups is 2. The molecule has 2 N–H and O–H groups in total. The molecule has 0 aromatic rings. The molecule has 4 aliphatic carbocycles. The Morgan fingerprint density at radius 2 is 1.84 bits per heavy atom. The first-order chi connectivity index (χ1) is 11.6. The number of hydrogen-bond acceptors (Lipinski definition) is 4. The second-order valence-electron chi connectivity index (χ2n) is 9.97. The number of fused-ring (bicyclic) bond motifs is 5. The zero-order valence-electron chi connectivity index (χ0n) is 15.8. The summed E-state index contributed by atoms with van der Waals surface area (Å²) in [6.07, 6.45) is 6.07. The molecule has 0 unspecified atom stereocenters. The molecular formula is C21H32O4. The van der Waals surface area contributed by atoms with Crippen LogP contribution in [0.3, 0.4) is 0 Å². The molecule has 0 aromatic heterocycles. The van der Waals surface area contributed by atoms with Gasteiger partial charge in [0.2, 0.25) is 0 Å². The molecule has 4 nitrogen and oxygen atoms in total. The lowest BCUT2D eigenvalue weighted by Crippen LogP contribution is -2.61. The van der Waals surface area contributed by atoms with Crippen molar-refractivity contribution in [1.82, 2.24) is 0 Å². The maximum Gasteiger partial charge on any atom is 0.161 e. The minimum atomic E-state index is -1.33. The maximum atomic E-state index is 13.3. The predicted molar refractivity (Wildman–Crippen MR) is 93.8 cm³/mol. The van der Waals surface area contributed by atoms with E-state index in [1.54, 1.807) is 0 Å². The monoisotopic (exact) mass is 348 g/mol. The van der Waals surface area contributed by atoms with Crippen molar-refractivity contribution in [2.45, 2.75) is 83.8 Å². The molecule has 4 saturated carbocycles. The summed E-state index contributed by atoms with van der Waals surface area (Å²) < 4.78 is 0. The van der Waals surface area contributed by atoms with Crippen LogP contribution >= 0.6 is 0 Å². The third kappa shape index (κ3) is 2.13. The normalized spacial score (nSPS) is 55.2. The molecule has 4 rings (SSSR count). The van der Waals surface area contributed by atoms with Crippen LogP contribution in [0.4, 0.5) is 0 Å². The van der Waals surface area contributed by atoms with Gasteiger partial charge in [-0.05, 0) is 75.0 Å². The van der Waals surface area contributed by atoms with E-state index in [1.165, 1.54) is 6.92 Å². The van der Waals surface area contributed by atoms with Crippen LogP contribution in [-0.2, 0) is 9.59 Å². The highest BCUT2D eigenvalue weighted by Gasteiger charge is 2.68. The Morgan fingerprint density at radius 3 is 2.52 bits per heavy atom. The van der Waals surface area contributed by atoms with Crippen molar-refractivity contribution in [3.63, 3.8) is 0 Å². The Bertz CT molecular complexity index is 615. The van der Waals surface area contributed by atoms with Crippen molar-refractivity contribution in [2.24, 2.45) is 34.5 Å². The molecule has 0 radical (unpaired) electrons. The molecule has 0 spiro atoms. The highest BCUT2D eigenvalue weighted by atomic mass is 16.3. The van der Waals surface area contributed by atoms with E-state index in [-0.39, 0.29) is 40.8 Å². The number of hydrogen-bond donors (Lipinski definition) is 2. The number of rotatable bonds is 1. The molecule has 8 atom stereocenters. The first-order valence-corrected chi connectivity index (χ1v) is 10.1. The van der Waals surface area contributed by atoms with Gasteiger partial charge in [0.15, 0.2) is 5.78 Å². The van der Waals surface area contributed by atoms with Crippen molar-refractivity contribution < 1.29 is 19.8 Å². The van der Waals surface area contributed by atoms with Crippen LogP contribution < -0.4 is 0 Å². The Morgan fingerprint density at radius 1 is 1.12 bits per heavy atom. The van der Waals surface area contributed by atoms with Crippen LogP contribution in [0.1, 0.15) is 72.1 Å². The molecule has 0 bridgehead atoms. The average molecular weight is 348 g/mol. The molecule has 0 aliphatic heterocycles. The van der Waals surface area contributed by atoms with Gasteiger partial charge in [0, 0.05) is 17.8 Å². The van der Waals surface area contributed by atoms with Crippen molar-refractivity contribution >= 4 is 11.6 Å². The van der Waals surface area contributed by atoms with E-state index in [0.29, 0.717) is 18.8 Å². The Hall–Kier alpha value is -0.740.